The lowest BCUT2D eigenvalue weighted by molar-refractivity contribution is -0.138. The number of benzene rings is 2. The Bertz CT molecular complexity index is 901. The zero-order valence-corrected chi connectivity index (χ0v) is 16.1. The van der Waals surface area contributed by atoms with Gasteiger partial charge in [-0.05, 0) is 58.8 Å². The maximum atomic E-state index is 12.0. The summed E-state index contributed by atoms with van der Waals surface area (Å²) in [6, 6.07) is 15.4. The Hall–Kier alpha value is -3.11. The van der Waals surface area contributed by atoms with E-state index in [4.69, 9.17) is 19.5 Å². The van der Waals surface area contributed by atoms with Gasteiger partial charge in [0, 0.05) is 0 Å². The van der Waals surface area contributed by atoms with Crippen molar-refractivity contribution < 1.29 is 23.8 Å². The first-order valence-electron chi connectivity index (χ1n) is 8.00. The lowest BCUT2D eigenvalue weighted by Crippen LogP contribution is -2.17. The average molecular weight is 430 g/mol. The third kappa shape index (κ3) is 6.28. The van der Waals surface area contributed by atoms with Crippen LogP contribution in [-0.2, 0) is 14.3 Å². The van der Waals surface area contributed by atoms with Crippen LogP contribution < -0.4 is 9.47 Å². The molecule has 138 valence electrons. The molecular formula is C20H16BrNO5. The number of carbonyl (C=O) groups is 2. The molecule has 0 aliphatic heterocycles. The molecule has 0 aliphatic carbocycles. The van der Waals surface area contributed by atoms with E-state index < -0.39 is 11.9 Å². The van der Waals surface area contributed by atoms with Crippen LogP contribution in [-0.4, -0.2) is 25.2 Å². The molecule has 0 amide bonds. The van der Waals surface area contributed by atoms with Crippen LogP contribution in [0.5, 0.6) is 11.5 Å². The van der Waals surface area contributed by atoms with Gasteiger partial charge in [0.15, 0.2) is 6.61 Å². The van der Waals surface area contributed by atoms with E-state index in [1.165, 1.54) is 12.1 Å². The van der Waals surface area contributed by atoms with Crippen LogP contribution in [0.25, 0.3) is 6.08 Å². The number of hydrogen-bond acceptors (Lipinski definition) is 6. The van der Waals surface area contributed by atoms with Crippen LogP contribution in [0.15, 0.2) is 58.6 Å². The number of rotatable bonds is 7. The van der Waals surface area contributed by atoms with Gasteiger partial charge >= 0.3 is 11.9 Å². The minimum atomic E-state index is -0.704. The Kier molecular flexibility index (Phi) is 7.59. The second kappa shape index (κ2) is 10.1. The summed E-state index contributed by atoms with van der Waals surface area (Å²) in [6.45, 7) is 1.56. The summed E-state index contributed by atoms with van der Waals surface area (Å²) in [5.74, 6) is -0.494. The lowest BCUT2D eigenvalue weighted by atomic mass is 10.1. The molecule has 2 rings (SSSR count). The number of carbonyl (C=O) groups excluding carboxylic acids is 2. The van der Waals surface area contributed by atoms with Gasteiger partial charge < -0.3 is 14.2 Å². The summed E-state index contributed by atoms with van der Waals surface area (Å²) in [4.78, 5) is 23.6. The number of hydrogen-bond donors (Lipinski definition) is 0. The Balaban J connectivity index is 2.02. The van der Waals surface area contributed by atoms with Gasteiger partial charge in [0.25, 0.3) is 0 Å². The van der Waals surface area contributed by atoms with Crippen LogP contribution in [0.1, 0.15) is 12.5 Å². The van der Waals surface area contributed by atoms with E-state index in [2.05, 4.69) is 15.9 Å². The molecule has 0 spiro atoms. The first-order chi connectivity index (χ1) is 13.0. The number of nitrogens with zero attached hydrogens (tertiary/aromatic N) is 1. The summed E-state index contributed by atoms with van der Waals surface area (Å²) >= 11 is 3.33. The first kappa shape index (κ1) is 20.2. The van der Waals surface area contributed by atoms with E-state index in [1.807, 2.05) is 6.07 Å². The van der Waals surface area contributed by atoms with E-state index in [1.54, 1.807) is 49.4 Å². The molecule has 0 saturated carbocycles. The zero-order valence-electron chi connectivity index (χ0n) is 14.5. The predicted octanol–water partition coefficient (Wildman–Crippen LogP) is 3.90. The minimum absolute atomic E-state index is 0.141. The quantitative estimate of drug-likeness (QED) is 0.287. The molecule has 2 aromatic rings. The SMILES string of the molecule is CCOC(=O)/C(C#N)=C/c1cccc(OC(=O)COc2ccccc2Br)c1. The summed E-state index contributed by atoms with van der Waals surface area (Å²) in [6.07, 6.45) is 1.37. The van der Waals surface area contributed by atoms with Gasteiger partial charge in [-0.15, -0.1) is 0 Å². The highest BCUT2D eigenvalue weighted by atomic mass is 79.9. The van der Waals surface area contributed by atoms with Crippen molar-refractivity contribution in [1.82, 2.24) is 0 Å². The average Bonchev–Trinajstić information content (AvgIpc) is 2.66. The lowest BCUT2D eigenvalue weighted by Gasteiger charge is -2.08. The Labute approximate surface area is 165 Å². The van der Waals surface area contributed by atoms with Crippen molar-refractivity contribution in [2.75, 3.05) is 13.2 Å². The smallest absolute Gasteiger partial charge is 0.349 e. The summed E-state index contributed by atoms with van der Waals surface area (Å²) < 4.78 is 16.2. The molecule has 0 aromatic heterocycles. The molecule has 0 heterocycles. The fourth-order valence-corrected chi connectivity index (χ4v) is 2.44. The van der Waals surface area contributed by atoms with E-state index in [0.717, 1.165) is 4.47 Å². The molecule has 6 nitrogen and oxygen atoms in total. The topological polar surface area (TPSA) is 85.6 Å². The maximum Gasteiger partial charge on any atom is 0.349 e. The highest BCUT2D eigenvalue weighted by molar-refractivity contribution is 9.10. The summed E-state index contributed by atoms with van der Waals surface area (Å²) in [5.41, 5.74) is 0.384. The van der Waals surface area contributed by atoms with Crippen LogP contribution in [0.4, 0.5) is 0 Å². The standard InChI is InChI=1S/C20H16BrNO5/c1-2-25-20(24)15(12-22)10-14-6-5-7-16(11-14)27-19(23)13-26-18-9-4-3-8-17(18)21/h3-11H,2,13H2,1H3/b15-10+. The third-order valence-electron chi connectivity index (χ3n) is 3.20. The van der Waals surface area contributed by atoms with Gasteiger partial charge in [-0.1, -0.05) is 24.3 Å². The minimum Gasteiger partial charge on any atom is -0.481 e. The maximum absolute atomic E-state index is 12.0. The van der Waals surface area contributed by atoms with E-state index >= 15 is 0 Å². The van der Waals surface area contributed by atoms with Crippen molar-refractivity contribution >= 4 is 33.9 Å². The van der Waals surface area contributed by atoms with Crippen LogP contribution >= 0.6 is 15.9 Å². The highest BCUT2D eigenvalue weighted by Crippen LogP contribution is 2.24. The summed E-state index contributed by atoms with van der Waals surface area (Å²) in [5, 5.41) is 9.07. The molecule has 0 aliphatic rings. The predicted molar refractivity (Wildman–Crippen MR) is 102 cm³/mol. The number of ether oxygens (including phenoxy) is 3. The molecule has 27 heavy (non-hydrogen) atoms. The monoisotopic (exact) mass is 429 g/mol. The second-order valence-corrected chi connectivity index (χ2v) is 6.01. The molecule has 2 aromatic carbocycles. The van der Waals surface area contributed by atoms with Gasteiger partial charge in [0.1, 0.15) is 23.1 Å². The third-order valence-corrected chi connectivity index (χ3v) is 3.85. The fourth-order valence-electron chi connectivity index (χ4n) is 2.04. The molecule has 0 radical (unpaired) electrons. The molecular weight excluding hydrogens is 414 g/mol. The molecule has 0 unspecified atom stereocenters. The summed E-state index contributed by atoms with van der Waals surface area (Å²) in [7, 11) is 0. The number of para-hydroxylation sites is 1. The fraction of sp³-hybridized carbons (Fsp3) is 0.150. The second-order valence-electron chi connectivity index (χ2n) is 5.16. The van der Waals surface area contributed by atoms with Gasteiger partial charge in [0.2, 0.25) is 0 Å². The van der Waals surface area contributed by atoms with Crippen molar-refractivity contribution in [2.45, 2.75) is 6.92 Å². The van der Waals surface area contributed by atoms with Crippen molar-refractivity contribution in [3.05, 3.63) is 64.1 Å². The number of halogens is 1. The van der Waals surface area contributed by atoms with Crippen molar-refractivity contribution in [3.63, 3.8) is 0 Å². The van der Waals surface area contributed by atoms with Crippen molar-refractivity contribution in [3.8, 4) is 17.6 Å². The molecule has 0 N–H and O–H groups in total. The van der Waals surface area contributed by atoms with Crippen LogP contribution in [0, 0.1) is 11.3 Å². The first-order valence-corrected chi connectivity index (χ1v) is 8.79. The van der Waals surface area contributed by atoms with Gasteiger partial charge in [-0.3, -0.25) is 0 Å². The number of nitriles is 1. The molecule has 0 bridgehead atoms. The Morgan fingerprint density at radius 1 is 1.19 bits per heavy atom. The van der Waals surface area contributed by atoms with E-state index in [-0.39, 0.29) is 24.5 Å². The van der Waals surface area contributed by atoms with Crippen molar-refractivity contribution in [1.29, 1.82) is 5.26 Å². The number of esters is 2. The van der Waals surface area contributed by atoms with Gasteiger partial charge in [-0.2, -0.15) is 5.26 Å². The zero-order chi connectivity index (χ0) is 19.6. The highest BCUT2D eigenvalue weighted by Gasteiger charge is 2.11. The Morgan fingerprint density at radius 2 is 1.96 bits per heavy atom. The normalized spacial score (nSPS) is 10.6. The Morgan fingerprint density at radius 3 is 2.67 bits per heavy atom. The molecule has 0 saturated heterocycles. The van der Waals surface area contributed by atoms with E-state index in [9.17, 15) is 9.59 Å². The van der Waals surface area contributed by atoms with Crippen molar-refractivity contribution in [2.24, 2.45) is 0 Å². The molecule has 7 heteroatoms. The van der Waals surface area contributed by atoms with E-state index in [0.29, 0.717) is 11.3 Å². The molecule has 0 atom stereocenters. The van der Waals surface area contributed by atoms with Crippen LogP contribution in [0.2, 0.25) is 0 Å². The van der Waals surface area contributed by atoms with Gasteiger partial charge in [0.05, 0.1) is 11.1 Å². The largest absolute Gasteiger partial charge is 0.481 e. The van der Waals surface area contributed by atoms with Gasteiger partial charge in [-0.25, -0.2) is 9.59 Å². The molecule has 0 fully saturated rings. The van der Waals surface area contributed by atoms with Crippen LogP contribution in [0.3, 0.4) is 0 Å².